The lowest BCUT2D eigenvalue weighted by atomic mass is 10.0. The van der Waals surface area contributed by atoms with Gasteiger partial charge in [-0.05, 0) is 30.5 Å². The highest BCUT2D eigenvalue weighted by Crippen LogP contribution is 2.23. The summed E-state index contributed by atoms with van der Waals surface area (Å²) in [5, 5.41) is 0.183. The van der Waals surface area contributed by atoms with E-state index in [0.717, 1.165) is 6.42 Å². The summed E-state index contributed by atoms with van der Waals surface area (Å²) in [7, 11) is -4.42. The summed E-state index contributed by atoms with van der Waals surface area (Å²) in [5.41, 5.74) is -0.895. The predicted molar refractivity (Wildman–Crippen MR) is 73.6 cm³/mol. The number of hydrogen-bond donors (Lipinski definition) is 3. The van der Waals surface area contributed by atoms with Gasteiger partial charge in [0.1, 0.15) is 0 Å². The van der Waals surface area contributed by atoms with Gasteiger partial charge in [-0.25, -0.2) is 4.79 Å². The van der Waals surface area contributed by atoms with Crippen LogP contribution in [0.2, 0.25) is 0 Å². The Hall–Kier alpha value is -1.93. The van der Waals surface area contributed by atoms with Crippen LogP contribution in [0.5, 0.6) is 0 Å². The Kier molecular flexibility index (Phi) is 3.78. The van der Waals surface area contributed by atoms with Crippen molar-refractivity contribution < 1.29 is 13.0 Å². The largest absolute Gasteiger partial charge is 0.326 e. The van der Waals surface area contributed by atoms with Gasteiger partial charge in [0.2, 0.25) is 0 Å². The van der Waals surface area contributed by atoms with Crippen LogP contribution < -0.4 is 11.2 Å². The van der Waals surface area contributed by atoms with E-state index in [1.54, 1.807) is 0 Å². The van der Waals surface area contributed by atoms with Gasteiger partial charge in [-0.2, -0.15) is 8.42 Å². The van der Waals surface area contributed by atoms with Gasteiger partial charge in [0.15, 0.2) is 0 Å². The molecule has 0 aliphatic rings. The van der Waals surface area contributed by atoms with Crippen molar-refractivity contribution in [2.24, 2.45) is 0 Å². The summed E-state index contributed by atoms with van der Waals surface area (Å²) in [6, 6.07) is 2.44. The van der Waals surface area contributed by atoms with E-state index in [-0.39, 0.29) is 21.4 Å². The van der Waals surface area contributed by atoms with Gasteiger partial charge in [-0.15, -0.1) is 0 Å². The molecule has 2 rings (SSSR count). The molecule has 0 unspecified atom stereocenters. The molecule has 0 spiro atoms. The molecule has 0 saturated carbocycles. The summed E-state index contributed by atoms with van der Waals surface area (Å²) in [5.74, 6) is 0. The summed E-state index contributed by atoms with van der Waals surface area (Å²) in [6.45, 7) is 1.92. The number of rotatable bonds is 4. The lowest BCUT2D eigenvalue weighted by molar-refractivity contribution is 0.482. The predicted octanol–water partition coefficient (Wildman–Crippen LogP) is 0.806. The normalized spacial score (nSPS) is 11.9. The molecule has 0 amide bonds. The number of unbranched alkanes of at least 4 members (excludes halogenated alkanes) is 1. The van der Waals surface area contributed by atoms with Gasteiger partial charge in [-0.1, -0.05) is 13.3 Å². The van der Waals surface area contributed by atoms with Gasteiger partial charge in [0.05, 0.1) is 15.8 Å². The van der Waals surface area contributed by atoms with Crippen LogP contribution in [0, 0.1) is 0 Å². The maximum atomic E-state index is 11.7. The number of nitrogens with one attached hydrogen (secondary N) is 2. The van der Waals surface area contributed by atoms with E-state index in [9.17, 15) is 22.6 Å². The van der Waals surface area contributed by atoms with Crippen LogP contribution in [0.15, 0.2) is 26.6 Å². The highest BCUT2D eigenvalue weighted by molar-refractivity contribution is 7.85. The SMILES string of the molecule is CCCCc1c(S(=O)(=O)O)ccc2c(=O)[nH]c(=O)[nH]c12. The molecular formula is C12H14N2O5S. The molecule has 0 radical (unpaired) electrons. The Morgan fingerprint density at radius 3 is 2.50 bits per heavy atom. The van der Waals surface area contributed by atoms with E-state index in [0.29, 0.717) is 12.8 Å². The fraction of sp³-hybridized carbons (Fsp3) is 0.333. The molecule has 20 heavy (non-hydrogen) atoms. The number of benzene rings is 1. The first-order valence-corrected chi connectivity index (χ1v) is 7.54. The van der Waals surface area contributed by atoms with Crippen LogP contribution in [-0.2, 0) is 16.5 Å². The van der Waals surface area contributed by atoms with Crippen molar-refractivity contribution in [1.29, 1.82) is 0 Å². The van der Waals surface area contributed by atoms with E-state index in [1.165, 1.54) is 12.1 Å². The van der Waals surface area contributed by atoms with Crippen LogP contribution in [0.3, 0.4) is 0 Å². The Labute approximate surface area is 114 Å². The zero-order valence-electron chi connectivity index (χ0n) is 10.8. The molecule has 1 aromatic heterocycles. The molecule has 0 fully saturated rings. The Bertz CT molecular complexity index is 864. The molecule has 2 aromatic rings. The number of aromatic nitrogens is 2. The average Bonchev–Trinajstić information content (AvgIpc) is 2.34. The van der Waals surface area contributed by atoms with Crippen molar-refractivity contribution in [3.63, 3.8) is 0 Å². The van der Waals surface area contributed by atoms with Crippen molar-refractivity contribution >= 4 is 21.0 Å². The quantitative estimate of drug-likeness (QED) is 0.721. The van der Waals surface area contributed by atoms with Gasteiger partial charge >= 0.3 is 5.69 Å². The number of aryl methyl sites for hydroxylation is 1. The molecule has 7 nitrogen and oxygen atoms in total. The molecule has 0 atom stereocenters. The summed E-state index contributed by atoms with van der Waals surface area (Å²) < 4.78 is 32.1. The van der Waals surface area contributed by atoms with E-state index >= 15 is 0 Å². The molecular weight excluding hydrogens is 284 g/mol. The summed E-state index contributed by atoms with van der Waals surface area (Å²) in [6.07, 6.45) is 1.80. The average molecular weight is 298 g/mol. The van der Waals surface area contributed by atoms with E-state index < -0.39 is 21.4 Å². The number of hydrogen-bond acceptors (Lipinski definition) is 4. The molecule has 3 N–H and O–H groups in total. The van der Waals surface area contributed by atoms with Gasteiger partial charge in [-0.3, -0.25) is 14.3 Å². The van der Waals surface area contributed by atoms with Crippen LogP contribution in [0.1, 0.15) is 25.3 Å². The van der Waals surface area contributed by atoms with Crippen molar-refractivity contribution in [3.8, 4) is 0 Å². The Morgan fingerprint density at radius 1 is 1.20 bits per heavy atom. The second kappa shape index (κ2) is 5.22. The lowest BCUT2D eigenvalue weighted by Crippen LogP contribution is -2.23. The third kappa shape index (κ3) is 2.66. The first-order chi connectivity index (χ1) is 9.34. The van der Waals surface area contributed by atoms with Gasteiger partial charge < -0.3 is 4.98 Å². The molecule has 1 heterocycles. The number of H-pyrrole nitrogens is 2. The fourth-order valence-corrected chi connectivity index (χ4v) is 2.87. The van der Waals surface area contributed by atoms with Crippen molar-refractivity contribution in [3.05, 3.63) is 38.5 Å². The summed E-state index contributed by atoms with van der Waals surface area (Å²) in [4.78, 5) is 27.3. The van der Waals surface area contributed by atoms with Crippen LogP contribution >= 0.6 is 0 Å². The van der Waals surface area contributed by atoms with Gasteiger partial charge in [0, 0.05) is 0 Å². The maximum absolute atomic E-state index is 11.7. The Morgan fingerprint density at radius 2 is 1.90 bits per heavy atom. The molecule has 0 bridgehead atoms. The number of fused-ring (bicyclic) bond motifs is 1. The van der Waals surface area contributed by atoms with Crippen LogP contribution in [0.4, 0.5) is 0 Å². The van der Waals surface area contributed by atoms with Crippen LogP contribution in [0.25, 0.3) is 10.9 Å². The molecule has 1 aromatic carbocycles. The molecule has 0 aliphatic carbocycles. The first-order valence-electron chi connectivity index (χ1n) is 6.10. The molecule has 8 heteroatoms. The van der Waals surface area contributed by atoms with Crippen molar-refractivity contribution in [1.82, 2.24) is 9.97 Å². The zero-order valence-corrected chi connectivity index (χ0v) is 11.6. The Balaban J connectivity index is 2.90. The minimum Gasteiger partial charge on any atom is -0.307 e. The van der Waals surface area contributed by atoms with E-state index in [4.69, 9.17) is 0 Å². The monoisotopic (exact) mass is 298 g/mol. The fourth-order valence-electron chi connectivity index (χ4n) is 2.12. The van der Waals surface area contributed by atoms with Crippen molar-refractivity contribution in [2.45, 2.75) is 31.1 Å². The second-order valence-electron chi connectivity index (χ2n) is 4.45. The van der Waals surface area contributed by atoms with Gasteiger partial charge in [0.25, 0.3) is 15.7 Å². The zero-order chi connectivity index (χ0) is 14.9. The minimum atomic E-state index is -4.42. The third-order valence-electron chi connectivity index (χ3n) is 3.04. The summed E-state index contributed by atoms with van der Waals surface area (Å²) >= 11 is 0. The molecule has 0 saturated heterocycles. The molecule has 108 valence electrons. The highest BCUT2D eigenvalue weighted by Gasteiger charge is 2.19. The van der Waals surface area contributed by atoms with E-state index in [1.807, 2.05) is 6.92 Å². The number of aromatic amines is 2. The maximum Gasteiger partial charge on any atom is 0.326 e. The highest BCUT2D eigenvalue weighted by atomic mass is 32.2. The second-order valence-corrected chi connectivity index (χ2v) is 5.84. The van der Waals surface area contributed by atoms with E-state index in [2.05, 4.69) is 9.97 Å². The first kappa shape index (κ1) is 14.5. The minimum absolute atomic E-state index is 0.155. The smallest absolute Gasteiger partial charge is 0.307 e. The van der Waals surface area contributed by atoms with Crippen LogP contribution in [-0.4, -0.2) is 22.9 Å². The third-order valence-corrected chi connectivity index (χ3v) is 3.98. The molecule has 0 aliphatic heterocycles. The standard InChI is InChI=1S/C12H14N2O5S/c1-2-3-4-7-9(20(17,18)19)6-5-8-10(7)13-12(16)14-11(8)15/h5-6H,2-4H2,1H3,(H,17,18,19)(H2,13,14,15,16). The topological polar surface area (TPSA) is 120 Å². The van der Waals surface area contributed by atoms with Crippen molar-refractivity contribution in [2.75, 3.05) is 0 Å². The lowest BCUT2D eigenvalue weighted by Gasteiger charge is -2.09.